The minimum absolute atomic E-state index is 0.0713. The molecule has 1 aromatic heterocycles. The summed E-state index contributed by atoms with van der Waals surface area (Å²) < 4.78 is 12.3. The van der Waals surface area contributed by atoms with Gasteiger partial charge in [0, 0.05) is 5.56 Å². The third kappa shape index (κ3) is 4.21. The molecule has 4 rings (SSSR count). The van der Waals surface area contributed by atoms with Gasteiger partial charge in [-0.25, -0.2) is 4.98 Å². The number of ether oxygens (including phenoxy) is 2. The zero-order valence-corrected chi connectivity index (χ0v) is 17.8. The van der Waals surface area contributed by atoms with Crippen molar-refractivity contribution in [2.45, 2.75) is 13.3 Å². The lowest BCUT2D eigenvalue weighted by atomic mass is 10.1. The summed E-state index contributed by atoms with van der Waals surface area (Å²) in [5, 5.41) is 0.731. The lowest BCUT2D eigenvalue weighted by molar-refractivity contribution is -0.856. The van der Waals surface area contributed by atoms with E-state index in [-0.39, 0.29) is 5.91 Å². The number of fused-ring (bicyclic) bond motifs is 2. The van der Waals surface area contributed by atoms with E-state index in [2.05, 4.69) is 33.2 Å². The third-order valence-corrected chi connectivity index (χ3v) is 5.99. The second-order valence-electron chi connectivity index (χ2n) is 7.42. The van der Waals surface area contributed by atoms with Crippen molar-refractivity contribution in [1.82, 2.24) is 4.98 Å². The highest BCUT2D eigenvalue weighted by Gasteiger charge is 2.24. The summed E-state index contributed by atoms with van der Waals surface area (Å²) in [6.07, 6.45) is 0.979. The number of nitrogens with one attached hydrogen (secondary N) is 1. The summed E-state index contributed by atoms with van der Waals surface area (Å²) in [4.78, 5) is 21.3. The second kappa shape index (κ2) is 8.39. The Hall–Kier alpha value is -2.64. The summed E-state index contributed by atoms with van der Waals surface area (Å²) in [6, 6.07) is 11.7. The molecule has 2 heterocycles. The van der Waals surface area contributed by atoms with Crippen molar-refractivity contribution in [3.05, 3.63) is 47.5 Å². The molecule has 6 nitrogen and oxygen atoms in total. The van der Waals surface area contributed by atoms with Crippen molar-refractivity contribution in [2.24, 2.45) is 0 Å². The van der Waals surface area contributed by atoms with Crippen molar-refractivity contribution in [3.63, 3.8) is 0 Å². The van der Waals surface area contributed by atoms with Crippen LogP contribution in [0.1, 0.15) is 22.8 Å². The number of anilines is 1. The van der Waals surface area contributed by atoms with Crippen LogP contribution >= 0.6 is 11.3 Å². The average Bonchev–Trinajstić information content (AvgIpc) is 3.15. The molecule has 152 valence electrons. The molecule has 0 bridgehead atoms. The van der Waals surface area contributed by atoms with Crippen LogP contribution in [0.3, 0.4) is 0 Å². The lowest BCUT2D eigenvalue weighted by Crippen LogP contribution is -3.06. The molecule has 0 fully saturated rings. The first-order valence-electron chi connectivity index (χ1n) is 9.95. The molecule has 0 saturated carbocycles. The fraction of sp³-hybridized carbons (Fsp3) is 0.364. The van der Waals surface area contributed by atoms with Crippen LogP contribution in [0.5, 0.6) is 11.5 Å². The summed E-state index contributed by atoms with van der Waals surface area (Å²) in [7, 11) is 4.16. The van der Waals surface area contributed by atoms with Crippen LogP contribution in [0.15, 0.2) is 36.4 Å². The van der Waals surface area contributed by atoms with Crippen LogP contribution in [0, 0.1) is 0 Å². The third-order valence-electron chi connectivity index (χ3n) is 4.95. The maximum absolute atomic E-state index is 13.4. The number of nitrogens with zero attached hydrogens (tertiary/aromatic N) is 2. The van der Waals surface area contributed by atoms with Crippen molar-refractivity contribution >= 4 is 32.6 Å². The maximum atomic E-state index is 13.4. The minimum atomic E-state index is -0.0713. The lowest BCUT2D eigenvalue weighted by Gasteiger charge is -2.22. The predicted octanol–water partition coefficient (Wildman–Crippen LogP) is 2.42. The Bertz CT molecular complexity index is 1030. The predicted molar refractivity (Wildman–Crippen MR) is 116 cm³/mol. The maximum Gasteiger partial charge on any atom is 0.260 e. The monoisotopic (exact) mass is 412 g/mol. The number of quaternary nitrogens is 1. The zero-order chi connectivity index (χ0) is 20.4. The number of aryl methyl sites for hydroxylation is 1. The highest BCUT2D eigenvalue weighted by Crippen LogP contribution is 2.33. The highest BCUT2D eigenvalue weighted by atomic mass is 32.1. The van der Waals surface area contributed by atoms with Crippen molar-refractivity contribution in [3.8, 4) is 11.5 Å². The Morgan fingerprint density at radius 1 is 1.14 bits per heavy atom. The first-order valence-corrected chi connectivity index (χ1v) is 10.8. The van der Waals surface area contributed by atoms with E-state index in [0.717, 1.165) is 28.3 Å². The standard InChI is InChI=1S/C22H25N3O3S/c1-4-15-5-7-17-20(13-15)29-22(23-17)25(10-9-24(2)3)21(26)16-6-8-18-19(14-16)28-12-11-27-18/h5-8,13-14H,4,9-12H2,1-3H3/p+1. The van der Waals surface area contributed by atoms with E-state index in [4.69, 9.17) is 14.5 Å². The van der Waals surface area contributed by atoms with Gasteiger partial charge >= 0.3 is 0 Å². The van der Waals surface area contributed by atoms with E-state index in [9.17, 15) is 4.79 Å². The number of aromatic nitrogens is 1. The molecule has 1 aliphatic rings. The van der Waals surface area contributed by atoms with Gasteiger partial charge in [-0.05, 0) is 42.3 Å². The second-order valence-corrected chi connectivity index (χ2v) is 8.43. The Kier molecular flexibility index (Phi) is 5.69. The van der Waals surface area contributed by atoms with Gasteiger partial charge in [-0.2, -0.15) is 0 Å². The number of rotatable bonds is 6. The molecule has 1 aliphatic heterocycles. The molecule has 2 aromatic carbocycles. The summed E-state index contributed by atoms with van der Waals surface area (Å²) >= 11 is 1.57. The zero-order valence-electron chi connectivity index (χ0n) is 17.0. The molecule has 0 aliphatic carbocycles. The largest absolute Gasteiger partial charge is 0.486 e. The number of hydrogen-bond donors (Lipinski definition) is 1. The van der Waals surface area contributed by atoms with Gasteiger partial charge in [0.25, 0.3) is 5.91 Å². The van der Waals surface area contributed by atoms with Crippen LogP contribution in [-0.2, 0) is 6.42 Å². The average molecular weight is 413 g/mol. The van der Waals surface area contributed by atoms with Crippen LogP contribution in [0.4, 0.5) is 5.13 Å². The number of benzene rings is 2. The fourth-order valence-corrected chi connectivity index (χ4v) is 4.30. The number of likely N-dealkylation sites (N-methyl/N-ethyl adjacent to an activating group) is 1. The Morgan fingerprint density at radius 3 is 2.69 bits per heavy atom. The quantitative estimate of drug-likeness (QED) is 0.676. The molecule has 0 radical (unpaired) electrons. The minimum Gasteiger partial charge on any atom is -0.486 e. The first-order chi connectivity index (χ1) is 14.0. The number of carbonyl (C=O) groups excluding carboxylic acids is 1. The molecule has 7 heteroatoms. The van der Waals surface area contributed by atoms with Crippen molar-refractivity contribution < 1.29 is 19.2 Å². The summed E-state index contributed by atoms with van der Waals surface area (Å²) in [6.45, 7) is 4.59. The van der Waals surface area contributed by atoms with E-state index < -0.39 is 0 Å². The van der Waals surface area contributed by atoms with Gasteiger partial charge in [-0.3, -0.25) is 9.69 Å². The van der Waals surface area contributed by atoms with Gasteiger partial charge in [0.05, 0.1) is 37.4 Å². The molecular formula is C22H26N3O3S+. The Balaban J connectivity index is 1.68. The highest BCUT2D eigenvalue weighted by molar-refractivity contribution is 7.22. The van der Waals surface area contributed by atoms with Gasteiger partial charge in [0.15, 0.2) is 16.6 Å². The van der Waals surface area contributed by atoms with Crippen molar-refractivity contribution in [2.75, 3.05) is 45.3 Å². The van der Waals surface area contributed by atoms with Crippen LogP contribution in [0.2, 0.25) is 0 Å². The van der Waals surface area contributed by atoms with Crippen LogP contribution in [-0.4, -0.2) is 51.3 Å². The SMILES string of the molecule is CCc1ccc2nc(N(CC[NH+](C)C)C(=O)c3ccc4c(c3)OCCO4)sc2c1. The van der Waals surface area contributed by atoms with E-state index in [1.165, 1.54) is 10.5 Å². The molecular weight excluding hydrogens is 386 g/mol. The molecule has 0 spiro atoms. The number of carbonyl (C=O) groups is 1. The fourth-order valence-electron chi connectivity index (χ4n) is 3.24. The first kappa shape index (κ1) is 19.7. The molecule has 0 atom stereocenters. The van der Waals surface area contributed by atoms with Crippen LogP contribution < -0.4 is 19.3 Å². The number of amides is 1. The van der Waals surface area contributed by atoms with Gasteiger partial charge in [-0.15, -0.1) is 0 Å². The smallest absolute Gasteiger partial charge is 0.260 e. The molecule has 29 heavy (non-hydrogen) atoms. The molecule has 0 unspecified atom stereocenters. The van der Waals surface area contributed by atoms with Gasteiger partial charge in [-0.1, -0.05) is 24.3 Å². The number of thiazole rings is 1. The van der Waals surface area contributed by atoms with Crippen LogP contribution in [0.25, 0.3) is 10.2 Å². The van der Waals surface area contributed by atoms with Gasteiger partial charge in [0.1, 0.15) is 13.2 Å². The molecule has 1 N–H and O–H groups in total. The van der Waals surface area contributed by atoms with Gasteiger partial charge < -0.3 is 14.4 Å². The Morgan fingerprint density at radius 2 is 1.93 bits per heavy atom. The topological polar surface area (TPSA) is 56.1 Å². The van der Waals surface area contributed by atoms with E-state index in [1.54, 1.807) is 28.4 Å². The van der Waals surface area contributed by atoms with E-state index in [1.807, 2.05) is 12.1 Å². The van der Waals surface area contributed by atoms with E-state index >= 15 is 0 Å². The molecule has 0 saturated heterocycles. The van der Waals surface area contributed by atoms with E-state index in [0.29, 0.717) is 36.8 Å². The Labute approximate surface area is 174 Å². The summed E-state index contributed by atoms with van der Waals surface area (Å²) in [5.74, 6) is 1.24. The van der Waals surface area contributed by atoms with Crippen molar-refractivity contribution in [1.29, 1.82) is 0 Å². The molecule has 1 amide bonds. The summed E-state index contributed by atoms with van der Waals surface area (Å²) in [5.41, 5.74) is 2.78. The normalized spacial score (nSPS) is 13.1. The molecule has 3 aromatic rings. The number of hydrogen-bond acceptors (Lipinski definition) is 5. The van der Waals surface area contributed by atoms with Gasteiger partial charge in [0.2, 0.25) is 0 Å².